The number of nitrogens with one attached hydrogen (secondary N) is 1. The van der Waals surface area contributed by atoms with Crippen LogP contribution >= 0.6 is 11.3 Å². The second kappa shape index (κ2) is 5.77. The van der Waals surface area contributed by atoms with Crippen LogP contribution in [0.5, 0.6) is 0 Å². The molecule has 0 bridgehead atoms. The highest BCUT2D eigenvalue weighted by atomic mass is 32.1. The fraction of sp³-hybridized carbons (Fsp3) is 0.786. The average molecular weight is 281 g/mol. The number of hydrogen-bond donors (Lipinski definition) is 1. The predicted octanol–water partition coefficient (Wildman–Crippen LogP) is 2.36. The van der Waals surface area contributed by atoms with Crippen molar-refractivity contribution in [2.45, 2.75) is 45.3 Å². The van der Waals surface area contributed by atoms with Gasteiger partial charge >= 0.3 is 0 Å². The molecule has 2 unspecified atom stereocenters. The van der Waals surface area contributed by atoms with Crippen molar-refractivity contribution >= 4 is 16.5 Å². The minimum atomic E-state index is 0.319. The Labute approximate surface area is 119 Å². The minimum Gasteiger partial charge on any atom is -0.375 e. The minimum absolute atomic E-state index is 0.319. The summed E-state index contributed by atoms with van der Waals surface area (Å²) >= 11 is 1.89. The topological polar surface area (TPSA) is 37.4 Å². The number of fused-ring (bicyclic) bond motifs is 1. The lowest BCUT2D eigenvalue weighted by molar-refractivity contribution is 0.0532. The molecule has 5 heteroatoms. The van der Waals surface area contributed by atoms with Crippen LogP contribution < -0.4 is 10.2 Å². The third kappa shape index (κ3) is 2.78. The number of anilines is 1. The van der Waals surface area contributed by atoms with Crippen LogP contribution in [0.1, 0.15) is 43.3 Å². The first kappa shape index (κ1) is 13.3. The van der Waals surface area contributed by atoms with Gasteiger partial charge in [-0.3, -0.25) is 0 Å². The van der Waals surface area contributed by atoms with Crippen LogP contribution in [-0.4, -0.2) is 37.3 Å². The molecule has 0 radical (unpaired) electrons. The molecule has 1 fully saturated rings. The molecule has 2 heterocycles. The van der Waals surface area contributed by atoms with Crippen molar-refractivity contribution in [1.82, 2.24) is 10.3 Å². The maximum Gasteiger partial charge on any atom is 0.186 e. The molecule has 0 saturated carbocycles. The van der Waals surface area contributed by atoms with E-state index in [9.17, 15) is 0 Å². The van der Waals surface area contributed by atoms with Crippen molar-refractivity contribution in [1.29, 1.82) is 0 Å². The highest BCUT2D eigenvalue weighted by Gasteiger charge is 2.27. The molecule has 0 spiro atoms. The van der Waals surface area contributed by atoms with E-state index in [0.717, 1.165) is 26.2 Å². The van der Waals surface area contributed by atoms with E-state index < -0.39 is 0 Å². The van der Waals surface area contributed by atoms with Gasteiger partial charge in [-0.15, -0.1) is 11.3 Å². The molecule has 1 aliphatic carbocycles. The molecule has 2 aliphatic rings. The quantitative estimate of drug-likeness (QED) is 0.923. The van der Waals surface area contributed by atoms with Gasteiger partial charge in [-0.25, -0.2) is 4.98 Å². The maximum atomic E-state index is 5.61. The number of hydrogen-bond acceptors (Lipinski definition) is 5. The Bertz CT molecular complexity index is 434. The van der Waals surface area contributed by atoms with Gasteiger partial charge in [0, 0.05) is 18.0 Å². The van der Waals surface area contributed by atoms with Crippen LogP contribution in [0.3, 0.4) is 0 Å². The molecule has 3 rings (SSSR count). The largest absolute Gasteiger partial charge is 0.375 e. The highest BCUT2D eigenvalue weighted by molar-refractivity contribution is 7.15. The molecule has 1 aromatic heterocycles. The van der Waals surface area contributed by atoms with Crippen LogP contribution in [0.25, 0.3) is 0 Å². The molecule has 1 aromatic rings. The van der Waals surface area contributed by atoms with Crippen LogP contribution in [-0.2, 0) is 11.2 Å². The van der Waals surface area contributed by atoms with E-state index >= 15 is 0 Å². The van der Waals surface area contributed by atoms with Gasteiger partial charge in [0.1, 0.15) is 0 Å². The molecule has 0 aromatic carbocycles. The van der Waals surface area contributed by atoms with Crippen LogP contribution in [0.15, 0.2) is 0 Å². The summed E-state index contributed by atoms with van der Waals surface area (Å²) in [6.45, 7) is 8.10. The summed E-state index contributed by atoms with van der Waals surface area (Å²) in [6.07, 6.45) is 4.03. The molecule has 2 atom stereocenters. The lowest BCUT2D eigenvalue weighted by Crippen LogP contribution is -2.41. The van der Waals surface area contributed by atoms with Gasteiger partial charge in [-0.2, -0.15) is 0 Å². The molecular formula is C14H23N3OS. The van der Waals surface area contributed by atoms with Gasteiger partial charge in [0.15, 0.2) is 5.13 Å². The maximum absolute atomic E-state index is 5.61. The van der Waals surface area contributed by atoms with Crippen LogP contribution in [0.4, 0.5) is 5.13 Å². The van der Waals surface area contributed by atoms with Crippen molar-refractivity contribution in [2.75, 3.05) is 31.1 Å². The van der Waals surface area contributed by atoms with Crippen molar-refractivity contribution in [2.24, 2.45) is 0 Å². The molecule has 1 saturated heterocycles. The van der Waals surface area contributed by atoms with Gasteiger partial charge in [-0.05, 0) is 32.7 Å². The fourth-order valence-electron chi connectivity index (χ4n) is 2.98. The smallest absolute Gasteiger partial charge is 0.186 e. The summed E-state index contributed by atoms with van der Waals surface area (Å²) in [5, 5.41) is 4.77. The first-order valence-electron chi connectivity index (χ1n) is 7.37. The van der Waals surface area contributed by atoms with Crippen molar-refractivity contribution in [3.63, 3.8) is 0 Å². The molecular weight excluding hydrogens is 258 g/mol. The Morgan fingerprint density at radius 3 is 3.21 bits per heavy atom. The monoisotopic (exact) mass is 281 g/mol. The first-order chi connectivity index (χ1) is 9.28. The van der Waals surface area contributed by atoms with Crippen LogP contribution in [0.2, 0.25) is 0 Å². The van der Waals surface area contributed by atoms with E-state index in [1.165, 1.54) is 35.0 Å². The third-order valence-corrected chi connectivity index (χ3v) is 5.10. The van der Waals surface area contributed by atoms with E-state index in [1.807, 2.05) is 11.3 Å². The van der Waals surface area contributed by atoms with Gasteiger partial charge in [0.05, 0.1) is 24.4 Å². The van der Waals surface area contributed by atoms with E-state index in [1.54, 1.807) is 0 Å². The molecule has 1 aliphatic heterocycles. The zero-order valence-corrected chi connectivity index (χ0v) is 12.6. The number of morpholine rings is 1. The van der Waals surface area contributed by atoms with Gasteiger partial charge in [0.25, 0.3) is 0 Å². The Morgan fingerprint density at radius 1 is 1.53 bits per heavy atom. The fourth-order valence-corrected chi connectivity index (χ4v) is 4.18. The summed E-state index contributed by atoms with van der Waals surface area (Å²) in [6, 6.07) is 0.470. The lowest BCUT2D eigenvalue weighted by atomic mass is 9.98. The molecule has 106 valence electrons. The number of rotatable bonds is 3. The van der Waals surface area contributed by atoms with Gasteiger partial charge in [-0.1, -0.05) is 6.92 Å². The summed E-state index contributed by atoms with van der Waals surface area (Å²) in [4.78, 5) is 8.82. The van der Waals surface area contributed by atoms with E-state index in [-0.39, 0.29) is 0 Å². The van der Waals surface area contributed by atoms with E-state index in [0.29, 0.717) is 12.1 Å². The SMILES string of the molecule is CCNC1CCCc2sc(N3CCOC(C)C3)nc21. The zero-order valence-electron chi connectivity index (χ0n) is 11.8. The second-order valence-electron chi connectivity index (χ2n) is 5.43. The summed E-state index contributed by atoms with van der Waals surface area (Å²) < 4.78 is 5.61. The molecule has 19 heavy (non-hydrogen) atoms. The summed E-state index contributed by atoms with van der Waals surface area (Å²) in [7, 11) is 0. The molecule has 4 nitrogen and oxygen atoms in total. The normalized spacial score (nSPS) is 27.4. The number of aryl methyl sites for hydroxylation is 1. The Morgan fingerprint density at radius 2 is 2.42 bits per heavy atom. The van der Waals surface area contributed by atoms with Crippen LogP contribution in [0, 0.1) is 0 Å². The summed E-state index contributed by atoms with van der Waals surface area (Å²) in [5.41, 5.74) is 1.31. The lowest BCUT2D eigenvalue weighted by Gasteiger charge is -2.30. The number of nitrogens with zero attached hydrogens (tertiary/aromatic N) is 2. The van der Waals surface area contributed by atoms with E-state index in [4.69, 9.17) is 9.72 Å². The number of ether oxygens (including phenoxy) is 1. The Hall–Kier alpha value is -0.650. The molecule has 1 N–H and O–H groups in total. The standard InChI is InChI=1S/C14H23N3OS/c1-3-15-11-5-4-6-12-13(11)16-14(19-12)17-7-8-18-10(2)9-17/h10-11,15H,3-9H2,1-2H3. The highest BCUT2D eigenvalue weighted by Crippen LogP contribution is 2.37. The van der Waals surface area contributed by atoms with Gasteiger partial charge < -0.3 is 15.0 Å². The Kier molecular flexibility index (Phi) is 4.05. The average Bonchev–Trinajstić information content (AvgIpc) is 2.84. The van der Waals surface area contributed by atoms with Crippen molar-refractivity contribution < 1.29 is 4.74 Å². The Balaban J connectivity index is 1.80. The van der Waals surface area contributed by atoms with Crippen molar-refractivity contribution in [3.05, 3.63) is 10.6 Å². The zero-order chi connectivity index (χ0) is 13.2. The van der Waals surface area contributed by atoms with E-state index in [2.05, 4.69) is 24.1 Å². The molecule has 0 amide bonds. The third-order valence-electron chi connectivity index (χ3n) is 3.91. The predicted molar refractivity (Wildman–Crippen MR) is 79.1 cm³/mol. The first-order valence-corrected chi connectivity index (χ1v) is 8.19. The summed E-state index contributed by atoms with van der Waals surface area (Å²) in [5.74, 6) is 0. The number of thiazole rings is 1. The second-order valence-corrected chi connectivity index (χ2v) is 6.50. The number of aromatic nitrogens is 1. The van der Waals surface area contributed by atoms with Gasteiger partial charge in [0.2, 0.25) is 0 Å². The van der Waals surface area contributed by atoms with Crippen molar-refractivity contribution in [3.8, 4) is 0 Å².